The van der Waals surface area contributed by atoms with Gasteiger partial charge in [-0.05, 0) is 18.6 Å². The third-order valence-electron chi connectivity index (χ3n) is 2.55. The average Bonchev–Trinajstić information content (AvgIpc) is 2.91. The number of carbonyl (C=O) groups excluding carboxylic acids is 1. The molecule has 0 radical (unpaired) electrons. The van der Waals surface area contributed by atoms with Crippen LogP contribution in [0.1, 0.15) is 12.1 Å². The van der Waals surface area contributed by atoms with Crippen molar-refractivity contribution >= 4 is 11.6 Å². The smallest absolute Gasteiger partial charge is 0.226 e. The molecule has 0 aliphatic heterocycles. The highest BCUT2D eigenvalue weighted by Crippen LogP contribution is 2.01. The monoisotopic (exact) mass is 260 g/mol. The number of nitrogen functional groups attached to an aromatic ring is 1. The minimum atomic E-state index is -0.0455. The first-order chi connectivity index (χ1) is 9.24. The van der Waals surface area contributed by atoms with Gasteiger partial charge in [-0.1, -0.05) is 5.21 Å². The first-order valence-corrected chi connectivity index (χ1v) is 6.05. The zero-order valence-electron chi connectivity index (χ0n) is 10.5. The molecule has 0 aliphatic rings. The first-order valence-electron chi connectivity index (χ1n) is 6.05. The van der Waals surface area contributed by atoms with E-state index in [4.69, 9.17) is 5.73 Å². The van der Waals surface area contributed by atoms with Crippen LogP contribution < -0.4 is 11.1 Å². The third-order valence-corrected chi connectivity index (χ3v) is 2.55. The lowest BCUT2D eigenvalue weighted by atomic mass is 10.2. The molecule has 1 amide bonds. The van der Waals surface area contributed by atoms with Crippen molar-refractivity contribution < 1.29 is 4.79 Å². The largest absolute Gasteiger partial charge is 0.397 e. The maximum absolute atomic E-state index is 11.6. The summed E-state index contributed by atoms with van der Waals surface area (Å²) in [5.74, 6) is -0.0455. The van der Waals surface area contributed by atoms with Crippen molar-refractivity contribution in [2.24, 2.45) is 0 Å². The van der Waals surface area contributed by atoms with Crippen molar-refractivity contribution in [2.75, 3.05) is 12.3 Å². The molecule has 3 N–H and O–H groups in total. The molecule has 2 aromatic heterocycles. The van der Waals surface area contributed by atoms with E-state index >= 15 is 0 Å². The van der Waals surface area contributed by atoms with E-state index in [1.165, 1.54) is 0 Å². The van der Waals surface area contributed by atoms with E-state index in [0.717, 1.165) is 13.0 Å². The number of hydrogen-bond donors (Lipinski definition) is 2. The zero-order valence-corrected chi connectivity index (χ0v) is 10.5. The topological polar surface area (TPSA) is 98.7 Å². The number of aryl methyl sites for hydroxylation is 1. The Morgan fingerprint density at radius 3 is 3.00 bits per heavy atom. The second-order valence-electron chi connectivity index (χ2n) is 4.13. The zero-order chi connectivity index (χ0) is 13.5. The molecule has 0 atom stereocenters. The fourth-order valence-electron chi connectivity index (χ4n) is 1.59. The number of amides is 1. The van der Waals surface area contributed by atoms with Crippen LogP contribution in [0, 0.1) is 0 Å². The van der Waals surface area contributed by atoms with Gasteiger partial charge in [0.15, 0.2) is 0 Å². The van der Waals surface area contributed by atoms with Gasteiger partial charge in [-0.25, -0.2) is 0 Å². The summed E-state index contributed by atoms with van der Waals surface area (Å²) in [4.78, 5) is 15.7. The van der Waals surface area contributed by atoms with Crippen LogP contribution in [0.2, 0.25) is 0 Å². The number of nitrogens with two attached hydrogens (primary N) is 1. The molecule has 7 nitrogen and oxygen atoms in total. The Kier molecular flexibility index (Phi) is 4.44. The number of rotatable bonds is 6. The Balaban J connectivity index is 1.65. The van der Waals surface area contributed by atoms with Gasteiger partial charge in [-0.3, -0.25) is 14.5 Å². The molecule has 0 fully saturated rings. The van der Waals surface area contributed by atoms with Crippen molar-refractivity contribution in [1.82, 2.24) is 25.3 Å². The van der Waals surface area contributed by atoms with Crippen LogP contribution in [-0.2, 0) is 17.8 Å². The van der Waals surface area contributed by atoms with E-state index in [2.05, 4.69) is 20.6 Å². The SMILES string of the molecule is Nc1ccc(CC(=O)NCCCn2ccnn2)nc1. The summed E-state index contributed by atoms with van der Waals surface area (Å²) in [5.41, 5.74) is 6.83. The quantitative estimate of drug-likeness (QED) is 0.712. The maximum atomic E-state index is 11.6. The van der Waals surface area contributed by atoms with Crippen LogP contribution in [0.25, 0.3) is 0 Å². The molecule has 2 rings (SSSR count). The molecule has 0 saturated heterocycles. The van der Waals surface area contributed by atoms with Crippen LogP contribution in [0.15, 0.2) is 30.7 Å². The lowest BCUT2D eigenvalue weighted by Gasteiger charge is -2.05. The summed E-state index contributed by atoms with van der Waals surface area (Å²) in [5, 5.41) is 10.4. The first kappa shape index (κ1) is 13.0. The predicted molar refractivity (Wildman–Crippen MR) is 70.0 cm³/mol. The number of nitrogens with one attached hydrogen (secondary N) is 1. The number of carbonyl (C=O) groups is 1. The minimum Gasteiger partial charge on any atom is -0.397 e. The molecule has 0 saturated carbocycles. The molecule has 0 aromatic carbocycles. The highest BCUT2D eigenvalue weighted by atomic mass is 16.1. The van der Waals surface area contributed by atoms with Gasteiger partial charge < -0.3 is 11.1 Å². The summed E-state index contributed by atoms with van der Waals surface area (Å²) >= 11 is 0. The van der Waals surface area contributed by atoms with Crippen molar-refractivity contribution in [3.05, 3.63) is 36.4 Å². The second kappa shape index (κ2) is 6.48. The molecule has 0 spiro atoms. The van der Waals surface area contributed by atoms with Crippen molar-refractivity contribution in [3.8, 4) is 0 Å². The summed E-state index contributed by atoms with van der Waals surface area (Å²) < 4.78 is 1.73. The molecule has 2 aromatic rings. The minimum absolute atomic E-state index is 0.0455. The molecule has 0 bridgehead atoms. The van der Waals surface area contributed by atoms with Gasteiger partial charge >= 0.3 is 0 Å². The normalized spacial score (nSPS) is 10.3. The van der Waals surface area contributed by atoms with E-state index in [9.17, 15) is 4.79 Å². The Bertz CT molecular complexity index is 508. The van der Waals surface area contributed by atoms with Crippen molar-refractivity contribution in [1.29, 1.82) is 0 Å². The maximum Gasteiger partial charge on any atom is 0.226 e. The number of aromatic nitrogens is 4. The van der Waals surface area contributed by atoms with Crippen LogP contribution in [0.4, 0.5) is 5.69 Å². The molecule has 2 heterocycles. The molecule has 100 valence electrons. The van der Waals surface area contributed by atoms with E-state index < -0.39 is 0 Å². The van der Waals surface area contributed by atoms with Crippen LogP contribution in [-0.4, -0.2) is 32.4 Å². The van der Waals surface area contributed by atoms with Gasteiger partial charge in [-0.2, -0.15) is 0 Å². The lowest BCUT2D eigenvalue weighted by Crippen LogP contribution is -2.27. The summed E-state index contributed by atoms with van der Waals surface area (Å²) in [6.07, 6.45) is 6.05. The third kappa shape index (κ3) is 4.38. The Labute approximate surface area is 110 Å². The van der Waals surface area contributed by atoms with Crippen LogP contribution in [0.3, 0.4) is 0 Å². The van der Waals surface area contributed by atoms with E-state index in [1.54, 1.807) is 35.4 Å². The van der Waals surface area contributed by atoms with Gasteiger partial charge in [-0.15, -0.1) is 5.10 Å². The summed E-state index contributed by atoms with van der Waals surface area (Å²) in [6, 6.07) is 3.49. The van der Waals surface area contributed by atoms with Gasteiger partial charge in [0.25, 0.3) is 0 Å². The molecule has 0 unspecified atom stereocenters. The lowest BCUT2D eigenvalue weighted by molar-refractivity contribution is -0.120. The molecular formula is C12H16N6O. The summed E-state index contributed by atoms with van der Waals surface area (Å²) in [7, 11) is 0. The molecule has 7 heteroatoms. The fourth-order valence-corrected chi connectivity index (χ4v) is 1.59. The van der Waals surface area contributed by atoms with Gasteiger partial charge in [0, 0.05) is 25.0 Å². The average molecular weight is 260 g/mol. The highest BCUT2D eigenvalue weighted by Gasteiger charge is 2.03. The van der Waals surface area contributed by atoms with Gasteiger partial charge in [0.05, 0.1) is 24.5 Å². The van der Waals surface area contributed by atoms with Crippen molar-refractivity contribution in [3.63, 3.8) is 0 Å². The highest BCUT2D eigenvalue weighted by molar-refractivity contribution is 5.78. The number of nitrogens with zero attached hydrogens (tertiary/aromatic N) is 4. The van der Waals surface area contributed by atoms with E-state index in [1.807, 2.05) is 0 Å². The molecular weight excluding hydrogens is 244 g/mol. The fraction of sp³-hybridized carbons (Fsp3) is 0.333. The standard InChI is InChI=1S/C12H16N6O/c13-10-2-3-11(15-9-10)8-12(19)14-4-1-6-18-7-5-16-17-18/h2-3,5,7,9H,1,4,6,8,13H2,(H,14,19). The van der Waals surface area contributed by atoms with E-state index in [0.29, 0.717) is 17.9 Å². The Morgan fingerprint density at radius 2 is 2.32 bits per heavy atom. The number of hydrogen-bond acceptors (Lipinski definition) is 5. The van der Waals surface area contributed by atoms with E-state index in [-0.39, 0.29) is 12.3 Å². The van der Waals surface area contributed by atoms with Gasteiger partial charge in [0.2, 0.25) is 5.91 Å². The van der Waals surface area contributed by atoms with Crippen LogP contribution in [0.5, 0.6) is 0 Å². The Morgan fingerprint density at radius 1 is 1.42 bits per heavy atom. The summed E-state index contributed by atoms with van der Waals surface area (Å²) in [6.45, 7) is 1.34. The molecule has 19 heavy (non-hydrogen) atoms. The van der Waals surface area contributed by atoms with Gasteiger partial charge in [0.1, 0.15) is 0 Å². The van der Waals surface area contributed by atoms with Crippen molar-refractivity contribution in [2.45, 2.75) is 19.4 Å². The molecule has 0 aliphatic carbocycles. The van der Waals surface area contributed by atoms with Crippen LogP contribution >= 0.6 is 0 Å². The predicted octanol–water partition coefficient (Wildman–Crippen LogP) is 0.00430. The number of anilines is 1. The number of pyridine rings is 1. The second-order valence-corrected chi connectivity index (χ2v) is 4.13. The Hall–Kier alpha value is -2.44.